The fraction of sp³-hybridized carbons (Fsp3) is 0.636. The first kappa shape index (κ1) is 8.21. The third-order valence-electron chi connectivity index (χ3n) is 3.34. The van der Waals surface area contributed by atoms with Gasteiger partial charge in [0.1, 0.15) is 11.6 Å². The van der Waals surface area contributed by atoms with Crippen molar-refractivity contribution in [1.29, 1.82) is 0 Å². The Labute approximate surface area is 84.2 Å². The first-order valence-electron chi connectivity index (χ1n) is 5.38. The third kappa shape index (κ3) is 1.19. The Morgan fingerprint density at radius 2 is 2.21 bits per heavy atom. The third-order valence-corrected chi connectivity index (χ3v) is 3.34. The van der Waals surface area contributed by atoms with Crippen LogP contribution >= 0.6 is 0 Å². The van der Waals surface area contributed by atoms with Crippen LogP contribution in [0.5, 0.6) is 0 Å². The molecule has 2 heterocycles. The molecule has 1 spiro atoms. The minimum Gasteiger partial charge on any atom is -0.355 e. The van der Waals surface area contributed by atoms with E-state index in [1.807, 2.05) is 12.3 Å². The zero-order chi connectivity index (χ0) is 9.60. The van der Waals surface area contributed by atoms with Crippen molar-refractivity contribution in [2.24, 2.45) is 5.41 Å². The Balaban J connectivity index is 1.76. The number of anilines is 1. The lowest BCUT2D eigenvalue weighted by molar-refractivity contribution is 0.384. The van der Waals surface area contributed by atoms with Crippen LogP contribution in [0.1, 0.15) is 25.6 Å². The molecule has 2 fully saturated rings. The van der Waals surface area contributed by atoms with Gasteiger partial charge < -0.3 is 4.90 Å². The molecule has 0 atom stereocenters. The van der Waals surface area contributed by atoms with Crippen LogP contribution < -0.4 is 4.90 Å². The van der Waals surface area contributed by atoms with Gasteiger partial charge in [0.15, 0.2) is 0 Å². The van der Waals surface area contributed by atoms with Crippen LogP contribution in [0.2, 0.25) is 0 Å². The Morgan fingerprint density at radius 1 is 1.43 bits per heavy atom. The van der Waals surface area contributed by atoms with Gasteiger partial charge in [-0.3, -0.25) is 0 Å². The van der Waals surface area contributed by atoms with E-state index < -0.39 is 0 Å². The first-order valence-corrected chi connectivity index (χ1v) is 5.38. The maximum absolute atomic E-state index is 4.52. The van der Waals surface area contributed by atoms with Crippen LogP contribution in [0, 0.1) is 5.41 Å². The SMILES string of the molecule is CCc1nccc(N2CC3(CC3)C2)n1. The van der Waals surface area contributed by atoms with Crippen molar-refractivity contribution in [3.63, 3.8) is 0 Å². The molecule has 2 aliphatic rings. The quantitative estimate of drug-likeness (QED) is 0.708. The van der Waals surface area contributed by atoms with E-state index in [2.05, 4.69) is 21.8 Å². The Bertz CT molecular complexity index is 349. The number of hydrogen-bond donors (Lipinski definition) is 0. The lowest BCUT2D eigenvalue weighted by atomic mass is 9.97. The van der Waals surface area contributed by atoms with E-state index in [9.17, 15) is 0 Å². The molecule has 3 rings (SSSR count). The molecule has 1 aliphatic carbocycles. The molecule has 0 unspecified atom stereocenters. The van der Waals surface area contributed by atoms with Crippen molar-refractivity contribution in [2.75, 3.05) is 18.0 Å². The summed E-state index contributed by atoms with van der Waals surface area (Å²) in [5.74, 6) is 2.08. The molecule has 1 aromatic rings. The van der Waals surface area contributed by atoms with Gasteiger partial charge in [-0.15, -0.1) is 0 Å². The van der Waals surface area contributed by atoms with Gasteiger partial charge in [-0.25, -0.2) is 9.97 Å². The molecule has 0 aromatic carbocycles. The van der Waals surface area contributed by atoms with E-state index in [1.54, 1.807) is 0 Å². The fourth-order valence-corrected chi connectivity index (χ4v) is 2.15. The highest BCUT2D eigenvalue weighted by atomic mass is 15.3. The fourth-order valence-electron chi connectivity index (χ4n) is 2.15. The van der Waals surface area contributed by atoms with Crippen molar-refractivity contribution in [3.05, 3.63) is 18.1 Å². The van der Waals surface area contributed by atoms with E-state index >= 15 is 0 Å². The van der Waals surface area contributed by atoms with Gasteiger partial charge >= 0.3 is 0 Å². The summed E-state index contributed by atoms with van der Waals surface area (Å²) >= 11 is 0. The molecule has 0 radical (unpaired) electrons. The largest absolute Gasteiger partial charge is 0.355 e. The van der Waals surface area contributed by atoms with Crippen LogP contribution in [0.4, 0.5) is 5.82 Å². The zero-order valence-corrected chi connectivity index (χ0v) is 8.53. The Morgan fingerprint density at radius 3 is 2.86 bits per heavy atom. The lowest BCUT2D eigenvalue weighted by Crippen LogP contribution is -2.48. The standard InChI is InChI=1S/C11H15N3/c1-2-9-12-6-3-10(13-9)14-7-11(8-14)4-5-11/h3,6H,2,4-5,7-8H2,1H3. The van der Waals surface area contributed by atoms with Gasteiger partial charge in [0.2, 0.25) is 0 Å². The lowest BCUT2D eigenvalue weighted by Gasteiger charge is -2.40. The molecule has 3 nitrogen and oxygen atoms in total. The summed E-state index contributed by atoms with van der Waals surface area (Å²) in [6.45, 7) is 4.53. The van der Waals surface area contributed by atoms with Crippen molar-refractivity contribution in [3.8, 4) is 0 Å². The van der Waals surface area contributed by atoms with E-state index in [0.29, 0.717) is 5.41 Å². The van der Waals surface area contributed by atoms with Crippen molar-refractivity contribution < 1.29 is 0 Å². The molecule has 3 heteroatoms. The summed E-state index contributed by atoms with van der Waals surface area (Å²) in [7, 11) is 0. The van der Waals surface area contributed by atoms with Crippen molar-refractivity contribution >= 4 is 5.82 Å². The Hall–Kier alpha value is -1.12. The second-order valence-electron chi connectivity index (χ2n) is 4.54. The number of rotatable bonds is 2. The summed E-state index contributed by atoms with van der Waals surface area (Å²) in [5.41, 5.74) is 0.706. The molecule has 0 amide bonds. The summed E-state index contributed by atoms with van der Waals surface area (Å²) in [6.07, 6.45) is 5.65. The molecular formula is C11H15N3. The number of aromatic nitrogens is 2. The molecule has 1 saturated carbocycles. The summed E-state index contributed by atoms with van der Waals surface area (Å²) in [4.78, 5) is 11.1. The average Bonchev–Trinajstić information content (AvgIpc) is 2.95. The van der Waals surface area contributed by atoms with E-state index in [4.69, 9.17) is 0 Å². The molecule has 1 aromatic heterocycles. The molecule has 14 heavy (non-hydrogen) atoms. The Kier molecular flexibility index (Phi) is 1.58. The van der Waals surface area contributed by atoms with Gasteiger partial charge in [-0.1, -0.05) is 6.92 Å². The zero-order valence-electron chi connectivity index (χ0n) is 8.53. The normalized spacial score (nSPS) is 22.2. The van der Waals surface area contributed by atoms with Crippen LogP contribution in [-0.2, 0) is 6.42 Å². The molecule has 0 bridgehead atoms. The monoisotopic (exact) mass is 189 g/mol. The van der Waals surface area contributed by atoms with E-state index in [1.165, 1.54) is 25.9 Å². The molecule has 0 N–H and O–H groups in total. The van der Waals surface area contributed by atoms with Gasteiger partial charge in [0.05, 0.1) is 0 Å². The topological polar surface area (TPSA) is 29.0 Å². The smallest absolute Gasteiger partial charge is 0.132 e. The van der Waals surface area contributed by atoms with Crippen molar-refractivity contribution in [2.45, 2.75) is 26.2 Å². The van der Waals surface area contributed by atoms with E-state index in [0.717, 1.165) is 18.1 Å². The van der Waals surface area contributed by atoms with Gasteiger partial charge in [0.25, 0.3) is 0 Å². The number of hydrogen-bond acceptors (Lipinski definition) is 3. The second-order valence-corrected chi connectivity index (χ2v) is 4.54. The maximum atomic E-state index is 4.52. The minimum atomic E-state index is 0.706. The van der Waals surface area contributed by atoms with Gasteiger partial charge in [0, 0.05) is 31.1 Å². The summed E-state index contributed by atoms with van der Waals surface area (Å²) in [5, 5.41) is 0. The van der Waals surface area contributed by atoms with Crippen molar-refractivity contribution in [1.82, 2.24) is 9.97 Å². The van der Waals surface area contributed by atoms with Crippen LogP contribution in [0.25, 0.3) is 0 Å². The molecule has 1 saturated heterocycles. The van der Waals surface area contributed by atoms with Gasteiger partial charge in [-0.2, -0.15) is 0 Å². The highest BCUT2D eigenvalue weighted by Crippen LogP contribution is 2.53. The molecular weight excluding hydrogens is 174 g/mol. The minimum absolute atomic E-state index is 0.706. The molecule has 1 aliphatic heterocycles. The average molecular weight is 189 g/mol. The number of aryl methyl sites for hydroxylation is 1. The maximum Gasteiger partial charge on any atom is 0.132 e. The summed E-state index contributed by atoms with van der Waals surface area (Å²) in [6, 6.07) is 2.02. The van der Waals surface area contributed by atoms with Crippen LogP contribution in [-0.4, -0.2) is 23.1 Å². The second kappa shape index (κ2) is 2.69. The predicted molar refractivity (Wildman–Crippen MR) is 55.3 cm³/mol. The van der Waals surface area contributed by atoms with Crippen LogP contribution in [0.15, 0.2) is 12.3 Å². The van der Waals surface area contributed by atoms with Gasteiger partial charge in [-0.05, 0) is 18.9 Å². The molecule has 74 valence electrons. The highest BCUT2D eigenvalue weighted by Gasteiger charge is 2.52. The first-order chi connectivity index (χ1) is 6.81. The summed E-state index contributed by atoms with van der Waals surface area (Å²) < 4.78 is 0. The number of nitrogens with zero attached hydrogens (tertiary/aromatic N) is 3. The highest BCUT2D eigenvalue weighted by molar-refractivity contribution is 5.44. The van der Waals surface area contributed by atoms with E-state index in [-0.39, 0.29) is 0 Å². The predicted octanol–water partition coefficient (Wildman–Crippen LogP) is 1.64. The van der Waals surface area contributed by atoms with Crippen LogP contribution in [0.3, 0.4) is 0 Å².